The smallest absolute Gasteiger partial charge is 0.244 e. The Bertz CT molecular complexity index is 1120. The van der Waals surface area contributed by atoms with E-state index in [1.54, 1.807) is 24.3 Å². The molecular formula is C26H37N3O5S. The molecule has 35 heavy (non-hydrogen) atoms. The number of amides is 2. The molecule has 0 aromatic heterocycles. The van der Waals surface area contributed by atoms with Crippen LogP contribution in [0.2, 0.25) is 0 Å². The van der Waals surface area contributed by atoms with Gasteiger partial charge in [0.25, 0.3) is 0 Å². The van der Waals surface area contributed by atoms with E-state index in [4.69, 9.17) is 4.74 Å². The minimum absolute atomic E-state index is 0.172. The molecule has 0 fully saturated rings. The molecule has 0 heterocycles. The van der Waals surface area contributed by atoms with Crippen molar-refractivity contribution in [1.82, 2.24) is 10.2 Å². The van der Waals surface area contributed by atoms with Crippen molar-refractivity contribution in [2.45, 2.75) is 59.2 Å². The summed E-state index contributed by atoms with van der Waals surface area (Å²) in [6.45, 7) is 9.14. The summed E-state index contributed by atoms with van der Waals surface area (Å²) in [4.78, 5) is 28.3. The zero-order chi connectivity index (χ0) is 26.4. The average Bonchev–Trinajstić information content (AvgIpc) is 2.76. The van der Waals surface area contributed by atoms with Gasteiger partial charge in [-0.1, -0.05) is 42.8 Å². The van der Waals surface area contributed by atoms with Gasteiger partial charge in [0.05, 0.1) is 19.1 Å². The fraction of sp³-hybridized carbons (Fsp3) is 0.462. The number of carbonyl (C=O) groups is 2. The average molecular weight is 504 g/mol. The van der Waals surface area contributed by atoms with Crippen LogP contribution in [0.4, 0.5) is 5.69 Å². The number of methoxy groups -OCH3 is 1. The Hall–Kier alpha value is -3.07. The van der Waals surface area contributed by atoms with Crippen LogP contribution < -0.4 is 14.4 Å². The summed E-state index contributed by atoms with van der Waals surface area (Å²) in [5, 5.41) is 2.95. The molecule has 2 amide bonds. The van der Waals surface area contributed by atoms with Crippen molar-refractivity contribution in [3.63, 3.8) is 0 Å². The van der Waals surface area contributed by atoms with Crippen molar-refractivity contribution in [2.75, 3.05) is 24.2 Å². The van der Waals surface area contributed by atoms with Gasteiger partial charge in [-0.2, -0.15) is 0 Å². The molecule has 0 spiro atoms. The quantitative estimate of drug-likeness (QED) is 0.535. The predicted octanol–water partition coefficient (Wildman–Crippen LogP) is 3.49. The van der Waals surface area contributed by atoms with Crippen LogP contribution >= 0.6 is 0 Å². The lowest BCUT2D eigenvalue weighted by atomic mass is 10.1. The molecule has 0 bridgehead atoms. The molecule has 0 saturated heterocycles. The highest BCUT2D eigenvalue weighted by molar-refractivity contribution is 7.92. The molecule has 2 aromatic rings. The van der Waals surface area contributed by atoms with E-state index in [0.29, 0.717) is 17.9 Å². The highest BCUT2D eigenvalue weighted by Crippen LogP contribution is 2.24. The van der Waals surface area contributed by atoms with Crippen molar-refractivity contribution in [2.24, 2.45) is 0 Å². The van der Waals surface area contributed by atoms with Crippen LogP contribution in [0.3, 0.4) is 0 Å². The number of aryl methyl sites for hydroxylation is 1. The van der Waals surface area contributed by atoms with E-state index in [9.17, 15) is 18.0 Å². The first-order valence-electron chi connectivity index (χ1n) is 11.5. The molecule has 0 aliphatic carbocycles. The Balaban J connectivity index is 2.46. The Morgan fingerprint density at radius 1 is 1.09 bits per heavy atom. The second-order valence-electron chi connectivity index (χ2n) is 9.64. The maximum atomic E-state index is 13.7. The standard InChI is InChI=1S/C26H37N3O5S/c1-8-23(25(31)27-26(3,4)5)28(17-20-14-12-19(2)13-15-20)24(30)18-29(35(7,32)33)21-10-9-11-22(16-21)34-6/h9-16,23H,8,17-18H2,1-7H3,(H,27,31)/t23-/m1/s1. The first-order chi connectivity index (χ1) is 16.2. The van der Waals surface area contributed by atoms with Gasteiger partial charge in [-0.15, -0.1) is 0 Å². The number of nitrogens with one attached hydrogen (secondary N) is 1. The molecule has 192 valence electrons. The van der Waals surface area contributed by atoms with Crippen molar-refractivity contribution in [1.29, 1.82) is 0 Å². The summed E-state index contributed by atoms with van der Waals surface area (Å²) < 4.78 is 31.6. The molecule has 0 radical (unpaired) electrons. The maximum absolute atomic E-state index is 13.7. The van der Waals surface area contributed by atoms with E-state index in [-0.39, 0.29) is 12.5 Å². The second-order valence-corrected chi connectivity index (χ2v) is 11.5. The summed E-state index contributed by atoms with van der Waals surface area (Å²) in [6, 6.07) is 13.4. The van der Waals surface area contributed by atoms with E-state index < -0.39 is 34.1 Å². The summed E-state index contributed by atoms with van der Waals surface area (Å²) in [5.41, 5.74) is 1.74. The molecular weight excluding hydrogens is 466 g/mol. The zero-order valence-corrected chi connectivity index (χ0v) is 22.5. The lowest BCUT2D eigenvalue weighted by Crippen LogP contribution is -2.55. The van der Waals surface area contributed by atoms with Crippen LogP contribution in [-0.2, 0) is 26.2 Å². The molecule has 2 aromatic carbocycles. The fourth-order valence-electron chi connectivity index (χ4n) is 3.64. The van der Waals surface area contributed by atoms with Gasteiger partial charge in [0, 0.05) is 18.2 Å². The molecule has 2 rings (SSSR count). The van der Waals surface area contributed by atoms with Crippen LogP contribution in [0.1, 0.15) is 45.2 Å². The molecule has 9 heteroatoms. The van der Waals surface area contributed by atoms with Gasteiger partial charge in [0.15, 0.2) is 0 Å². The number of benzene rings is 2. The first-order valence-corrected chi connectivity index (χ1v) is 13.4. The van der Waals surface area contributed by atoms with E-state index in [2.05, 4.69) is 5.32 Å². The highest BCUT2D eigenvalue weighted by Gasteiger charge is 2.33. The molecule has 1 atom stereocenters. The predicted molar refractivity (Wildman–Crippen MR) is 139 cm³/mol. The van der Waals surface area contributed by atoms with E-state index in [1.165, 1.54) is 12.0 Å². The van der Waals surface area contributed by atoms with Crippen molar-refractivity contribution >= 4 is 27.5 Å². The second kappa shape index (κ2) is 11.6. The summed E-state index contributed by atoms with van der Waals surface area (Å²) in [7, 11) is -2.32. The van der Waals surface area contributed by atoms with Crippen LogP contribution in [0, 0.1) is 6.92 Å². The van der Waals surface area contributed by atoms with Gasteiger partial charge >= 0.3 is 0 Å². The Kier molecular flexibility index (Phi) is 9.31. The topological polar surface area (TPSA) is 96.0 Å². The Morgan fingerprint density at radius 2 is 1.71 bits per heavy atom. The zero-order valence-electron chi connectivity index (χ0n) is 21.7. The van der Waals surface area contributed by atoms with Crippen LogP contribution in [0.5, 0.6) is 5.75 Å². The first kappa shape index (κ1) is 28.2. The third-order valence-electron chi connectivity index (χ3n) is 5.38. The van der Waals surface area contributed by atoms with Gasteiger partial charge in [-0.3, -0.25) is 13.9 Å². The van der Waals surface area contributed by atoms with Gasteiger partial charge < -0.3 is 15.0 Å². The molecule has 1 N–H and O–H groups in total. The third kappa shape index (κ3) is 8.28. The maximum Gasteiger partial charge on any atom is 0.244 e. The van der Waals surface area contributed by atoms with Gasteiger partial charge in [0.1, 0.15) is 18.3 Å². The van der Waals surface area contributed by atoms with Crippen LogP contribution in [0.15, 0.2) is 48.5 Å². The fourth-order valence-corrected chi connectivity index (χ4v) is 4.48. The lowest BCUT2D eigenvalue weighted by Gasteiger charge is -2.34. The Morgan fingerprint density at radius 3 is 2.23 bits per heavy atom. The van der Waals surface area contributed by atoms with Crippen LogP contribution in [0.25, 0.3) is 0 Å². The molecule has 0 saturated carbocycles. The summed E-state index contributed by atoms with van der Waals surface area (Å²) in [6.07, 6.45) is 1.42. The number of rotatable bonds is 10. The number of sulfonamides is 1. The number of anilines is 1. The Labute approximate surface area is 209 Å². The molecule has 8 nitrogen and oxygen atoms in total. The molecule has 0 aliphatic heterocycles. The number of hydrogen-bond acceptors (Lipinski definition) is 5. The van der Waals surface area contributed by atoms with Gasteiger partial charge in [-0.25, -0.2) is 8.42 Å². The number of carbonyl (C=O) groups excluding carboxylic acids is 2. The minimum atomic E-state index is -3.80. The van der Waals surface area contributed by atoms with Crippen molar-refractivity contribution < 1.29 is 22.7 Å². The van der Waals surface area contributed by atoms with Crippen molar-refractivity contribution in [3.05, 3.63) is 59.7 Å². The minimum Gasteiger partial charge on any atom is -0.497 e. The monoisotopic (exact) mass is 503 g/mol. The number of hydrogen-bond donors (Lipinski definition) is 1. The van der Waals surface area contributed by atoms with Crippen LogP contribution in [-0.4, -0.2) is 56.6 Å². The van der Waals surface area contributed by atoms with E-state index in [0.717, 1.165) is 21.7 Å². The molecule has 0 unspecified atom stereocenters. The normalized spacial score (nSPS) is 12.5. The third-order valence-corrected chi connectivity index (χ3v) is 6.52. The summed E-state index contributed by atoms with van der Waals surface area (Å²) in [5.74, 6) is -0.293. The van der Waals surface area contributed by atoms with Gasteiger partial charge in [-0.05, 0) is 51.8 Å². The number of nitrogens with zero attached hydrogens (tertiary/aromatic N) is 2. The van der Waals surface area contributed by atoms with Crippen molar-refractivity contribution in [3.8, 4) is 5.75 Å². The SMILES string of the molecule is CC[C@H](C(=O)NC(C)(C)C)N(Cc1ccc(C)cc1)C(=O)CN(c1cccc(OC)c1)S(C)(=O)=O. The largest absolute Gasteiger partial charge is 0.497 e. The van der Waals surface area contributed by atoms with Gasteiger partial charge in [0.2, 0.25) is 21.8 Å². The summed E-state index contributed by atoms with van der Waals surface area (Å²) >= 11 is 0. The van der Waals surface area contributed by atoms with E-state index in [1.807, 2.05) is 58.9 Å². The molecule has 0 aliphatic rings. The number of ether oxygens (including phenoxy) is 1. The highest BCUT2D eigenvalue weighted by atomic mass is 32.2. The van der Waals surface area contributed by atoms with E-state index >= 15 is 0 Å². The lowest BCUT2D eigenvalue weighted by molar-refractivity contribution is -0.141.